The van der Waals surface area contributed by atoms with Gasteiger partial charge in [-0.3, -0.25) is 0 Å². The van der Waals surface area contributed by atoms with E-state index < -0.39 is 0 Å². The average Bonchev–Trinajstić information content (AvgIpc) is 2.37. The summed E-state index contributed by atoms with van der Waals surface area (Å²) in [5, 5.41) is 3.27. The smallest absolute Gasteiger partial charge is 0.165 e. The molecule has 0 bridgehead atoms. The highest BCUT2D eigenvalue weighted by atomic mass is 19.1. The van der Waals surface area contributed by atoms with Gasteiger partial charge in [0.15, 0.2) is 11.6 Å². The molecule has 0 unspecified atom stereocenters. The van der Waals surface area contributed by atoms with Gasteiger partial charge in [-0.15, -0.1) is 0 Å². The molecule has 4 heteroatoms. The molecule has 1 rings (SSSR count). The fourth-order valence-electron chi connectivity index (χ4n) is 1.81. The highest BCUT2D eigenvalue weighted by Crippen LogP contribution is 2.22. The number of ether oxygens (including phenoxy) is 1. The second kappa shape index (κ2) is 8.88. The number of nitrogens with zero attached hydrogens (tertiary/aromatic N) is 1. The summed E-state index contributed by atoms with van der Waals surface area (Å²) < 4.78 is 19.4. The van der Waals surface area contributed by atoms with Gasteiger partial charge in [0.2, 0.25) is 0 Å². The molecule has 0 radical (unpaired) electrons. The molecule has 0 saturated carbocycles. The molecule has 0 aliphatic carbocycles. The Morgan fingerprint density at radius 3 is 2.79 bits per heavy atom. The van der Waals surface area contributed by atoms with Crippen LogP contribution in [0.25, 0.3) is 0 Å². The Kier molecular flexibility index (Phi) is 7.45. The lowest BCUT2D eigenvalue weighted by atomic mass is 10.2. The van der Waals surface area contributed by atoms with E-state index in [2.05, 4.69) is 17.1 Å². The Labute approximate surface area is 115 Å². The maximum Gasteiger partial charge on any atom is 0.165 e. The van der Waals surface area contributed by atoms with E-state index in [9.17, 15) is 4.39 Å². The minimum Gasteiger partial charge on any atom is -0.490 e. The van der Waals surface area contributed by atoms with Crippen LogP contribution >= 0.6 is 0 Å². The van der Waals surface area contributed by atoms with Crippen LogP contribution in [-0.2, 0) is 6.54 Å². The van der Waals surface area contributed by atoms with Crippen molar-refractivity contribution < 1.29 is 9.13 Å². The quantitative estimate of drug-likeness (QED) is 0.697. The first-order valence-electron chi connectivity index (χ1n) is 6.90. The third-order valence-corrected chi connectivity index (χ3v) is 2.79. The van der Waals surface area contributed by atoms with Gasteiger partial charge in [-0.2, -0.15) is 0 Å². The molecular formula is C15H25FN2O. The van der Waals surface area contributed by atoms with E-state index in [0.717, 1.165) is 31.5 Å². The molecule has 1 aromatic rings. The van der Waals surface area contributed by atoms with Gasteiger partial charge in [0.1, 0.15) is 0 Å². The van der Waals surface area contributed by atoms with Crippen molar-refractivity contribution in [1.29, 1.82) is 0 Å². The molecule has 0 atom stereocenters. The normalized spacial score (nSPS) is 11.0. The van der Waals surface area contributed by atoms with Gasteiger partial charge in [-0.25, -0.2) is 4.39 Å². The van der Waals surface area contributed by atoms with Crippen molar-refractivity contribution in [3.8, 4) is 5.75 Å². The number of hydrogen-bond acceptors (Lipinski definition) is 3. The summed E-state index contributed by atoms with van der Waals surface area (Å²) in [7, 11) is 4.03. The minimum atomic E-state index is -0.277. The maximum absolute atomic E-state index is 13.8. The van der Waals surface area contributed by atoms with E-state index in [4.69, 9.17) is 4.74 Å². The average molecular weight is 268 g/mol. The van der Waals surface area contributed by atoms with Crippen LogP contribution in [0.1, 0.15) is 25.3 Å². The molecule has 0 aliphatic heterocycles. The van der Waals surface area contributed by atoms with Crippen LogP contribution in [-0.4, -0.2) is 38.7 Å². The van der Waals surface area contributed by atoms with E-state index in [-0.39, 0.29) is 5.82 Å². The van der Waals surface area contributed by atoms with E-state index >= 15 is 0 Å². The highest BCUT2D eigenvalue weighted by molar-refractivity contribution is 5.34. The van der Waals surface area contributed by atoms with Gasteiger partial charge < -0.3 is 15.0 Å². The zero-order valence-corrected chi connectivity index (χ0v) is 12.2. The van der Waals surface area contributed by atoms with E-state index in [1.807, 2.05) is 20.2 Å². The third kappa shape index (κ3) is 6.03. The van der Waals surface area contributed by atoms with Crippen molar-refractivity contribution in [2.24, 2.45) is 0 Å². The van der Waals surface area contributed by atoms with Gasteiger partial charge in [-0.1, -0.05) is 19.1 Å². The number of para-hydroxylation sites is 1. The predicted octanol–water partition coefficient (Wildman–Crippen LogP) is 2.66. The van der Waals surface area contributed by atoms with Crippen LogP contribution in [0.5, 0.6) is 5.75 Å². The molecule has 1 aromatic carbocycles. The Morgan fingerprint density at radius 2 is 2.11 bits per heavy atom. The molecule has 0 spiro atoms. The van der Waals surface area contributed by atoms with Crippen molar-refractivity contribution in [3.05, 3.63) is 29.6 Å². The summed E-state index contributed by atoms with van der Waals surface area (Å²) in [6.45, 7) is 5.17. The van der Waals surface area contributed by atoms with E-state index in [0.29, 0.717) is 18.9 Å². The zero-order chi connectivity index (χ0) is 14.1. The first-order chi connectivity index (χ1) is 9.15. The molecule has 1 N–H and O–H groups in total. The summed E-state index contributed by atoms with van der Waals surface area (Å²) in [5.41, 5.74) is 0.887. The van der Waals surface area contributed by atoms with Crippen molar-refractivity contribution in [2.45, 2.75) is 26.3 Å². The Hall–Kier alpha value is -1.13. The van der Waals surface area contributed by atoms with Crippen LogP contribution in [0.15, 0.2) is 18.2 Å². The van der Waals surface area contributed by atoms with Gasteiger partial charge in [0, 0.05) is 18.7 Å². The molecule has 19 heavy (non-hydrogen) atoms. The van der Waals surface area contributed by atoms with Gasteiger partial charge >= 0.3 is 0 Å². The summed E-state index contributed by atoms with van der Waals surface area (Å²) in [5.74, 6) is 0.116. The number of rotatable bonds is 9. The second-order valence-electron chi connectivity index (χ2n) is 4.91. The third-order valence-electron chi connectivity index (χ3n) is 2.79. The van der Waals surface area contributed by atoms with Gasteiger partial charge in [0.25, 0.3) is 0 Å². The molecule has 3 nitrogen and oxygen atoms in total. The van der Waals surface area contributed by atoms with E-state index in [1.54, 1.807) is 6.07 Å². The largest absolute Gasteiger partial charge is 0.490 e. The topological polar surface area (TPSA) is 24.5 Å². The summed E-state index contributed by atoms with van der Waals surface area (Å²) >= 11 is 0. The lowest BCUT2D eigenvalue weighted by Gasteiger charge is -2.14. The second-order valence-corrected chi connectivity index (χ2v) is 4.91. The molecule has 0 saturated heterocycles. The molecule has 0 amide bonds. The number of nitrogens with one attached hydrogen (secondary N) is 1. The molecular weight excluding hydrogens is 243 g/mol. The van der Waals surface area contributed by atoms with Crippen LogP contribution in [0, 0.1) is 5.82 Å². The van der Waals surface area contributed by atoms with Crippen LogP contribution in [0.3, 0.4) is 0 Å². The summed E-state index contributed by atoms with van der Waals surface area (Å²) in [6.07, 6.45) is 1.96. The van der Waals surface area contributed by atoms with Crippen molar-refractivity contribution in [1.82, 2.24) is 10.2 Å². The number of halogens is 1. The molecule has 108 valence electrons. The zero-order valence-electron chi connectivity index (χ0n) is 12.2. The van der Waals surface area contributed by atoms with Crippen molar-refractivity contribution in [3.63, 3.8) is 0 Å². The Bertz CT molecular complexity index is 369. The lowest BCUT2D eigenvalue weighted by Crippen LogP contribution is -2.17. The summed E-state index contributed by atoms with van der Waals surface area (Å²) in [4.78, 5) is 2.09. The molecule has 0 heterocycles. The van der Waals surface area contributed by atoms with Crippen LogP contribution in [0.4, 0.5) is 4.39 Å². The minimum absolute atomic E-state index is 0.277. The van der Waals surface area contributed by atoms with Gasteiger partial charge in [-0.05, 0) is 39.5 Å². The van der Waals surface area contributed by atoms with Crippen LogP contribution in [0.2, 0.25) is 0 Å². The SMILES string of the molecule is CCCNCc1cccc(F)c1OCCCN(C)C. The van der Waals surface area contributed by atoms with Gasteiger partial charge in [0.05, 0.1) is 6.61 Å². The van der Waals surface area contributed by atoms with Crippen LogP contribution < -0.4 is 10.1 Å². The lowest BCUT2D eigenvalue weighted by molar-refractivity contribution is 0.268. The molecule has 0 aliphatic rings. The first kappa shape index (κ1) is 15.9. The monoisotopic (exact) mass is 268 g/mol. The molecule has 0 aromatic heterocycles. The maximum atomic E-state index is 13.8. The predicted molar refractivity (Wildman–Crippen MR) is 77.1 cm³/mol. The number of hydrogen-bond donors (Lipinski definition) is 1. The fourth-order valence-corrected chi connectivity index (χ4v) is 1.81. The Morgan fingerprint density at radius 1 is 1.32 bits per heavy atom. The summed E-state index contributed by atoms with van der Waals surface area (Å²) in [6, 6.07) is 5.09. The highest BCUT2D eigenvalue weighted by Gasteiger charge is 2.09. The number of benzene rings is 1. The van der Waals surface area contributed by atoms with Crippen molar-refractivity contribution in [2.75, 3.05) is 33.8 Å². The standard InChI is InChI=1S/C15H25FN2O/c1-4-9-17-12-13-7-5-8-14(16)15(13)19-11-6-10-18(2)3/h5,7-8,17H,4,6,9-12H2,1-3H3. The van der Waals surface area contributed by atoms with Crippen molar-refractivity contribution >= 4 is 0 Å². The molecule has 0 fully saturated rings. The first-order valence-corrected chi connectivity index (χ1v) is 6.90. The Balaban J connectivity index is 2.53. The fraction of sp³-hybridized carbons (Fsp3) is 0.600. The van der Waals surface area contributed by atoms with E-state index in [1.165, 1.54) is 6.07 Å².